The van der Waals surface area contributed by atoms with Crippen LogP contribution in [0.1, 0.15) is 56.1 Å². The quantitative estimate of drug-likeness (QED) is 0.884. The Balaban J connectivity index is 0.00000169. The lowest BCUT2D eigenvalue weighted by molar-refractivity contribution is -0.133. The van der Waals surface area contributed by atoms with Gasteiger partial charge in [-0.2, -0.15) is 0 Å². The van der Waals surface area contributed by atoms with E-state index in [4.69, 9.17) is 0 Å². The first-order valence-corrected chi connectivity index (χ1v) is 9.34. The van der Waals surface area contributed by atoms with Gasteiger partial charge < -0.3 is 10.2 Å². The Kier molecular flexibility index (Phi) is 5.51. The fraction of sp³-hybridized carbons (Fsp3) is 0.650. The van der Waals surface area contributed by atoms with Crippen molar-refractivity contribution in [3.63, 3.8) is 0 Å². The van der Waals surface area contributed by atoms with Crippen molar-refractivity contribution in [3.8, 4) is 0 Å². The molecule has 4 heteroatoms. The van der Waals surface area contributed by atoms with Crippen LogP contribution in [-0.2, 0) is 16.8 Å². The average Bonchev–Trinajstić information content (AvgIpc) is 3.09. The Morgan fingerprint density at radius 2 is 1.88 bits per heavy atom. The van der Waals surface area contributed by atoms with Gasteiger partial charge in [-0.15, -0.1) is 12.4 Å². The molecule has 2 aliphatic heterocycles. The van der Waals surface area contributed by atoms with Crippen LogP contribution in [-0.4, -0.2) is 30.4 Å². The molecule has 1 saturated heterocycles. The number of rotatable bonds is 2. The average molecular weight is 349 g/mol. The molecule has 0 unspecified atom stereocenters. The zero-order chi connectivity index (χ0) is 15.7. The molecule has 1 N–H and O–H groups in total. The minimum Gasteiger partial charge on any atom is -0.343 e. The highest BCUT2D eigenvalue weighted by atomic mass is 35.5. The van der Waals surface area contributed by atoms with Crippen LogP contribution < -0.4 is 5.32 Å². The number of carbonyl (C=O) groups is 1. The fourth-order valence-corrected chi connectivity index (χ4v) is 4.94. The number of halogens is 1. The van der Waals surface area contributed by atoms with Crippen LogP contribution in [0.4, 0.5) is 0 Å². The monoisotopic (exact) mass is 348 g/mol. The first kappa shape index (κ1) is 17.8. The molecule has 0 aromatic heterocycles. The number of likely N-dealkylation sites (tertiary alicyclic amines) is 1. The molecular weight excluding hydrogens is 320 g/mol. The highest BCUT2D eigenvalue weighted by Gasteiger charge is 2.40. The SMILES string of the molecule is Cl.O=C(CC1CCCC1)N1CCC2(CC1)CNCc1ccccc12. The van der Waals surface area contributed by atoms with Crippen LogP contribution in [0, 0.1) is 5.92 Å². The molecule has 4 rings (SSSR count). The van der Waals surface area contributed by atoms with E-state index in [1.54, 1.807) is 0 Å². The van der Waals surface area contributed by atoms with Crippen molar-refractivity contribution in [2.24, 2.45) is 5.92 Å². The largest absolute Gasteiger partial charge is 0.343 e. The minimum atomic E-state index is 0. The summed E-state index contributed by atoms with van der Waals surface area (Å²) >= 11 is 0. The summed E-state index contributed by atoms with van der Waals surface area (Å²) in [6.45, 7) is 3.92. The topological polar surface area (TPSA) is 32.3 Å². The van der Waals surface area contributed by atoms with Gasteiger partial charge in [-0.1, -0.05) is 37.1 Å². The van der Waals surface area contributed by atoms with Crippen molar-refractivity contribution in [3.05, 3.63) is 35.4 Å². The fourth-order valence-electron chi connectivity index (χ4n) is 4.94. The lowest BCUT2D eigenvalue weighted by Gasteiger charge is -2.45. The van der Waals surface area contributed by atoms with Gasteiger partial charge in [0.25, 0.3) is 0 Å². The molecule has 0 radical (unpaired) electrons. The molecule has 1 amide bonds. The Labute approximate surface area is 151 Å². The summed E-state index contributed by atoms with van der Waals surface area (Å²) in [5.41, 5.74) is 3.23. The Bertz CT molecular complexity index is 575. The lowest BCUT2D eigenvalue weighted by Crippen LogP contribution is -2.52. The summed E-state index contributed by atoms with van der Waals surface area (Å²) in [6.07, 6.45) is 8.18. The van der Waals surface area contributed by atoms with E-state index in [1.165, 1.54) is 36.8 Å². The molecule has 3 nitrogen and oxygen atoms in total. The smallest absolute Gasteiger partial charge is 0.222 e. The van der Waals surface area contributed by atoms with E-state index >= 15 is 0 Å². The highest BCUT2D eigenvalue weighted by Crippen LogP contribution is 2.39. The predicted molar refractivity (Wildman–Crippen MR) is 99.5 cm³/mol. The Hall–Kier alpha value is -1.06. The van der Waals surface area contributed by atoms with Crippen molar-refractivity contribution < 1.29 is 4.79 Å². The third-order valence-corrected chi connectivity index (χ3v) is 6.38. The second-order valence-corrected chi connectivity index (χ2v) is 7.78. The maximum Gasteiger partial charge on any atom is 0.222 e. The summed E-state index contributed by atoms with van der Waals surface area (Å²) in [6, 6.07) is 8.87. The van der Waals surface area contributed by atoms with Crippen LogP contribution in [0.25, 0.3) is 0 Å². The van der Waals surface area contributed by atoms with E-state index in [2.05, 4.69) is 34.5 Å². The van der Waals surface area contributed by atoms with Crippen LogP contribution in [0.3, 0.4) is 0 Å². The maximum atomic E-state index is 12.6. The number of hydrogen-bond donors (Lipinski definition) is 1. The summed E-state index contributed by atoms with van der Waals surface area (Å²) < 4.78 is 0. The minimum absolute atomic E-state index is 0. The zero-order valence-corrected chi connectivity index (χ0v) is 15.2. The number of hydrogen-bond acceptors (Lipinski definition) is 2. The number of amides is 1. The molecule has 1 aliphatic carbocycles. The standard InChI is InChI=1S/C20H28N2O.ClH/c23-19(13-16-5-1-2-6-16)22-11-9-20(10-12-22)15-21-14-17-7-3-4-8-18(17)20;/h3-4,7-8,16,21H,1-2,5-6,9-15H2;1H. The summed E-state index contributed by atoms with van der Waals surface area (Å²) in [5.74, 6) is 1.07. The molecule has 0 atom stereocenters. The number of carbonyl (C=O) groups excluding carboxylic acids is 1. The van der Waals surface area contributed by atoms with E-state index in [0.717, 1.165) is 45.4 Å². The first-order chi connectivity index (χ1) is 11.3. The van der Waals surface area contributed by atoms with E-state index in [-0.39, 0.29) is 17.8 Å². The zero-order valence-electron chi connectivity index (χ0n) is 14.4. The molecular formula is C20H29ClN2O. The number of benzene rings is 1. The summed E-state index contributed by atoms with van der Waals surface area (Å²) in [4.78, 5) is 14.7. The second kappa shape index (κ2) is 7.45. The van der Waals surface area contributed by atoms with E-state index < -0.39 is 0 Å². The Morgan fingerprint density at radius 1 is 1.17 bits per heavy atom. The number of nitrogens with zero attached hydrogens (tertiary/aromatic N) is 1. The number of nitrogens with one attached hydrogen (secondary N) is 1. The molecule has 1 spiro atoms. The van der Waals surface area contributed by atoms with Crippen molar-refractivity contribution >= 4 is 18.3 Å². The van der Waals surface area contributed by atoms with Crippen molar-refractivity contribution in [1.29, 1.82) is 0 Å². The Morgan fingerprint density at radius 3 is 2.62 bits per heavy atom. The second-order valence-electron chi connectivity index (χ2n) is 7.78. The molecule has 132 valence electrons. The normalized spacial score (nSPS) is 22.9. The van der Waals surface area contributed by atoms with Crippen molar-refractivity contribution in [2.45, 2.75) is 56.9 Å². The molecule has 1 aromatic carbocycles. The summed E-state index contributed by atoms with van der Waals surface area (Å²) in [7, 11) is 0. The third kappa shape index (κ3) is 3.34. The van der Waals surface area contributed by atoms with Gasteiger partial charge in [0.15, 0.2) is 0 Å². The van der Waals surface area contributed by atoms with Crippen LogP contribution in [0.2, 0.25) is 0 Å². The molecule has 1 aromatic rings. The van der Waals surface area contributed by atoms with Gasteiger partial charge in [-0.3, -0.25) is 4.79 Å². The summed E-state index contributed by atoms with van der Waals surface area (Å²) in [5, 5.41) is 3.60. The molecule has 2 fully saturated rings. The van der Waals surface area contributed by atoms with Gasteiger partial charge in [-0.25, -0.2) is 0 Å². The first-order valence-electron chi connectivity index (χ1n) is 9.34. The van der Waals surface area contributed by atoms with Crippen LogP contribution in [0.5, 0.6) is 0 Å². The van der Waals surface area contributed by atoms with Gasteiger partial charge in [0.1, 0.15) is 0 Å². The third-order valence-electron chi connectivity index (χ3n) is 6.38. The van der Waals surface area contributed by atoms with Gasteiger partial charge in [-0.05, 0) is 42.7 Å². The number of fused-ring (bicyclic) bond motifs is 2. The van der Waals surface area contributed by atoms with E-state index in [1.807, 2.05) is 0 Å². The molecule has 2 heterocycles. The number of piperidine rings is 1. The molecule has 3 aliphatic rings. The van der Waals surface area contributed by atoms with Crippen LogP contribution >= 0.6 is 12.4 Å². The maximum absolute atomic E-state index is 12.6. The predicted octanol–water partition coefficient (Wildman–Crippen LogP) is 3.65. The van der Waals surface area contributed by atoms with E-state index in [9.17, 15) is 4.79 Å². The van der Waals surface area contributed by atoms with Crippen molar-refractivity contribution in [1.82, 2.24) is 10.2 Å². The van der Waals surface area contributed by atoms with E-state index in [0.29, 0.717) is 11.8 Å². The highest BCUT2D eigenvalue weighted by molar-refractivity contribution is 5.85. The molecule has 1 saturated carbocycles. The van der Waals surface area contributed by atoms with Gasteiger partial charge in [0.05, 0.1) is 0 Å². The lowest BCUT2D eigenvalue weighted by atomic mass is 9.69. The van der Waals surface area contributed by atoms with Gasteiger partial charge >= 0.3 is 0 Å². The van der Waals surface area contributed by atoms with Crippen LogP contribution in [0.15, 0.2) is 24.3 Å². The van der Waals surface area contributed by atoms with Gasteiger partial charge in [0, 0.05) is 38.0 Å². The molecule has 0 bridgehead atoms. The van der Waals surface area contributed by atoms with Gasteiger partial charge in [0.2, 0.25) is 5.91 Å². The van der Waals surface area contributed by atoms with Crippen molar-refractivity contribution in [2.75, 3.05) is 19.6 Å². The molecule has 24 heavy (non-hydrogen) atoms.